The summed E-state index contributed by atoms with van der Waals surface area (Å²) >= 11 is 2.17. The lowest BCUT2D eigenvalue weighted by Gasteiger charge is -2.23. The van der Waals surface area contributed by atoms with Crippen LogP contribution in [0.3, 0.4) is 0 Å². The number of esters is 1. The summed E-state index contributed by atoms with van der Waals surface area (Å²) in [5, 5.41) is 9.09. The average molecular weight is 547 g/mol. The molecule has 0 heterocycles. The maximum atomic E-state index is 12.9. The Morgan fingerprint density at radius 1 is 0.967 bits per heavy atom. The smallest absolute Gasteiger partial charge is 0.321 e. The molecule has 0 fully saturated rings. The molecule has 0 radical (unpaired) electrons. The first-order chi connectivity index (χ1) is 13.9. The number of sulfonamides is 1. The van der Waals surface area contributed by atoms with Gasteiger partial charge in [0.1, 0.15) is 30.2 Å². The topological polar surface area (TPSA) is 110 Å². The van der Waals surface area contributed by atoms with Crippen molar-refractivity contribution in [3.8, 4) is 11.5 Å². The summed E-state index contributed by atoms with van der Waals surface area (Å²) in [6.45, 7) is 3.31. The SMILES string of the molecule is CC(C)(C)OC(=O)CN(CC(=O)O)S(=O)(=O)c1ccc(Oc2ccc(I)cc2)cc1. The fourth-order valence-electron chi connectivity index (χ4n) is 2.36. The highest BCUT2D eigenvalue weighted by Gasteiger charge is 2.30. The van der Waals surface area contributed by atoms with Gasteiger partial charge in [0, 0.05) is 3.57 Å². The molecule has 0 amide bonds. The van der Waals surface area contributed by atoms with Gasteiger partial charge in [-0.1, -0.05) is 0 Å². The molecule has 0 saturated heterocycles. The second-order valence-electron chi connectivity index (χ2n) is 7.28. The van der Waals surface area contributed by atoms with Gasteiger partial charge in [-0.2, -0.15) is 4.31 Å². The van der Waals surface area contributed by atoms with E-state index in [-0.39, 0.29) is 4.90 Å². The van der Waals surface area contributed by atoms with Crippen LogP contribution in [0, 0.1) is 3.57 Å². The van der Waals surface area contributed by atoms with E-state index in [1.54, 1.807) is 32.9 Å². The van der Waals surface area contributed by atoms with E-state index >= 15 is 0 Å². The summed E-state index contributed by atoms with van der Waals surface area (Å²) in [4.78, 5) is 23.1. The van der Waals surface area contributed by atoms with Crippen LogP contribution >= 0.6 is 22.6 Å². The first-order valence-corrected chi connectivity index (χ1v) is 11.4. The third-order valence-corrected chi connectivity index (χ3v) is 6.07. The largest absolute Gasteiger partial charge is 0.480 e. The molecule has 0 spiro atoms. The van der Waals surface area contributed by atoms with Crippen LogP contribution in [0.1, 0.15) is 20.8 Å². The molecule has 30 heavy (non-hydrogen) atoms. The van der Waals surface area contributed by atoms with Gasteiger partial charge in [0.15, 0.2) is 0 Å². The Balaban J connectivity index is 2.21. The number of rotatable bonds is 8. The van der Waals surface area contributed by atoms with E-state index in [9.17, 15) is 18.0 Å². The Kier molecular flexibility index (Phi) is 7.83. The molecule has 162 valence electrons. The van der Waals surface area contributed by atoms with Gasteiger partial charge in [-0.15, -0.1) is 0 Å². The number of hydrogen-bond acceptors (Lipinski definition) is 6. The number of benzene rings is 2. The maximum Gasteiger partial charge on any atom is 0.321 e. The number of halogens is 1. The molecule has 0 aliphatic carbocycles. The molecule has 0 aliphatic heterocycles. The van der Waals surface area contributed by atoms with Crippen LogP contribution in [0.15, 0.2) is 53.4 Å². The van der Waals surface area contributed by atoms with Gasteiger partial charge in [-0.25, -0.2) is 8.42 Å². The molecular formula is C20H22INO7S. The number of nitrogens with zero attached hydrogens (tertiary/aromatic N) is 1. The first-order valence-electron chi connectivity index (χ1n) is 8.84. The number of carboxylic acid groups (broad SMARTS) is 1. The Bertz CT molecular complexity index is 997. The molecule has 2 rings (SSSR count). The number of carboxylic acids is 1. The highest BCUT2D eigenvalue weighted by molar-refractivity contribution is 14.1. The van der Waals surface area contributed by atoms with E-state index in [0.29, 0.717) is 15.8 Å². The summed E-state index contributed by atoms with van der Waals surface area (Å²) < 4.78 is 38.2. The standard InChI is InChI=1S/C20H22INO7S/c1-20(2,3)29-19(25)13-22(12-18(23)24)30(26,27)17-10-8-16(9-11-17)28-15-6-4-14(21)5-7-15/h4-11H,12-13H2,1-3H3,(H,23,24). The quantitative estimate of drug-likeness (QED) is 0.398. The second-order valence-corrected chi connectivity index (χ2v) is 10.5. The van der Waals surface area contributed by atoms with Crippen LogP contribution in [-0.4, -0.2) is 48.5 Å². The van der Waals surface area contributed by atoms with Crippen molar-refractivity contribution in [3.05, 3.63) is 52.1 Å². The zero-order valence-electron chi connectivity index (χ0n) is 16.7. The fourth-order valence-corrected chi connectivity index (χ4v) is 4.06. The first kappa shape index (κ1) is 24.1. The molecule has 0 unspecified atom stereocenters. The molecule has 10 heteroatoms. The van der Waals surface area contributed by atoms with Crippen LogP contribution in [0.25, 0.3) is 0 Å². The zero-order chi connectivity index (χ0) is 22.5. The van der Waals surface area contributed by atoms with E-state index in [1.165, 1.54) is 24.3 Å². The average Bonchev–Trinajstić information content (AvgIpc) is 2.61. The van der Waals surface area contributed by atoms with Crippen molar-refractivity contribution < 1.29 is 32.6 Å². The van der Waals surface area contributed by atoms with Crippen LogP contribution in [0.2, 0.25) is 0 Å². The molecule has 0 saturated carbocycles. The lowest BCUT2D eigenvalue weighted by molar-refractivity contribution is -0.155. The van der Waals surface area contributed by atoms with E-state index in [4.69, 9.17) is 14.6 Å². The van der Waals surface area contributed by atoms with E-state index in [1.807, 2.05) is 12.1 Å². The maximum absolute atomic E-state index is 12.9. The Morgan fingerprint density at radius 2 is 1.47 bits per heavy atom. The summed E-state index contributed by atoms with van der Waals surface area (Å²) in [6, 6.07) is 12.8. The van der Waals surface area contributed by atoms with Crippen molar-refractivity contribution >= 4 is 44.6 Å². The minimum atomic E-state index is -4.25. The van der Waals surface area contributed by atoms with E-state index in [2.05, 4.69) is 22.6 Å². The van der Waals surface area contributed by atoms with Crippen molar-refractivity contribution in [1.82, 2.24) is 4.31 Å². The Labute approximate surface area is 189 Å². The van der Waals surface area contributed by atoms with Gasteiger partial charge >= 0.3 is 11.9 Å². The number of carbonyl (C=O) groups is 2. The number of hydrogen-bond donors (Lipinski definition) is 1. The number of ether oxygens (including phenoxy) is 2. The third-order valence-electron chi connectivity index (χ3n) is 3.55. The molecule has 0 bridgehead atoms. The van der Waals surface area contributed by atoms with Gasteiger partial charge in [-0.3, -0.25) is 9.59 Å². The summed E-state index contributed by atoms with van der Waals surface area (Å²) in [6.07, 6.45) is 0. The number of aliphatic carboxylic acids is 1. The minimum absolute atomic E-state index is 0.165. The molecular weight excluding hydrogens is 525 g/mol. The molecule has 0 atom stereocenters. The van der Waals surface area contributed by atoms with Crippen molar-refractivity contribution in [1.29, 1.82) is 0 Å². The van der Waals surface area contributed by atoms with Gasteiger partial charge in [0.05, 0.1) is 4.90 Å². The summed E-state index contributed by atoms with van der Waals surface area (Å²) in [5.74, 6) is -1.23. The van der Waals surface area contributed by atoms with Crippen molar-refractivity contribution in [2.45, 2.75) is 31.3 Å². The molecule has 1 N–H and O–H groups in total. The van der Waals surface area contributed by atoms with Gasteiger partial charge in [0.2, 0.25) is 10.0 Å². The molecule has 2 aromatic carbocycles. The van der Waals surface area contributed by atoms with Crippen LogP contribution in [0.4, 0.5) is 0 Å². The van der Waals surface area contributed by atoms with Gasteiger partial charge in [-0.05, 0) is 91.9 Å². The van der Waals surface area contributed by atoms with Crippen molar-refractivity contribution in [3.63, 3.8) is 0 Å². The Hall–Kier alpha value is -2.18. The van der Waals surface area contributed by atoms with Gasteiger partial charge < -0.3 is 14.6 Å². The van der Waals surface area contributed by atoms with Crippen molar-refractivity contribution in [2.75, 3.05) is 13.1 Å². The van der Waals surface area contributed by atoms with E-state index < -0.39 is 40.7 Å². The highest BCUT2D eigenvalue weighted by Crippen LogP contribution is 2.25. The van der Waals surface area contributed by atoms with Crippen LogP contribution in [0.5, 0.6) is 11.5 Å². The minimum Gasteiger partial charge on any atom is -0.480 e. The normalized spacial score (nSPS) is 11.9. The van der Waals surface area contributed by atoms with Crippen molar-refractivity contribution in [2.24, 2.45) is 0 Å². The zero-order valence-corrected chi connectivity index (χ0v) is 19.6. The highest BCUT2D eigenvalue weighted by atomic mass is 127. The third kappa shape index (κ3) is 7.26. The molecule has 0 aliphatic rings. The molecule has 8 nitrogen and oxygen atoms in total. The molecule has 0 aromatic heterocycles. The van der Waals surface area contributed by atoms with Crippen LogP contribution in [-0.2, 0) is 24.3 Å². The Morgan fingerprint density at radius 3 is 1.93 bits per heavy atom. The predicted molar refractivity (Wildman–Crippen MR) is 118 cm³/mol. The lowest BCUT2D eigenvalue weighted by atomic mass is 10.2. The summed E-state index contributed by atoms with van der Waals surface area (Å²) in [5.41, 5.74) is -0.829. The number of carbonyl (C=O) groups excluding carboxylic acids is 1. The van der Waals surface area contributed by atoms with Crippen LogP contribution < -0.4 is 4.74 Å². The fraction of sp³-hybridized carbons (Fsp3) is 0.300. The summed E-state index contributed by atoms with van der Waals surface area (Å²) in [7, 11) is -4.25. The lowest BCUT2D eigenvalue weighted by Crippen LogP contribution is -2.41. The molecule has 2 aromatic rings. The van der Waals surface area contributed by atoms with E-state index in [0.717, 1.165) is 3.57 Å². The monoisotopic (exact) mass is 547 g/mol. The predicted octanol–water partition coefficient (Wildman–Crippen LogP) is 3.50. The van der Waals surface area contributed by atoms with Gasteiger partial charge in [0.25, 0.3) is 0 Å². The second kappa shape index (κ2) is 9.75.